The van der Waals surface area contributed by atoms with Gasteiger partial charge in [-0.15, -0.1) is 0 Å². The molecule has 0 amide bonds. The molecule has 2 nitrogen and oxygen atoms in total. The molecule has 0 aromatic rings. The molecule has 0 rings (SSSR count). The maximum Gasteiger partial charge on any atom is 0.104 e. The summed E-state index contributed by atoms with van der Waals surface area (Å²) in [4.78, 5) is 0. The molecule has 1 atom stereocenters. The fourth-order valence-corrected chi connectivity index (χ4v) is 2.14. The van der Waals surface area contributed by atoms with Crippen LogP contribution in [-0.4, -0.2) is 23.6 Å². The van der Waals surface area contributed by atoms with Gasteiger partial charge in [0.25, 0.3) is 0 Å². The Labute approximate surface area is 86.1 Å². The van der Waals surface area contributed by atoms with Crippen molar-refractivity contribution in [3.63, 3.8) is 0 Å². The van der Waals surface area contributed by atoms with Gasteiger partial charge in [-0.2, -0.15) is 17.0 Å². The minimum Gasteiger partial charge on any atom is -0.300 e. The van der Waals surface area contributed by atoms with Crippen molar-refractivity contribution in [2.24, 2.45) is 0 Å². The molecule has 0 aromatic carbocycles. The third-order valence-corrected chi connectivity index (χ3v) is 3.10. The van der Waals surface area contributed by atoms with Crippen molar-refractivity contribution < 1.29 is 0 Å². The standard InChI is InChI=1S/C10H20N2S/c1-4-7-13-8-6-10(3,9-11)12-5-2/h12H,4-8H2,1-3H3. The smallest absolute Gasteiger partial charge is 0.104 e. The Morgan fingerprint density at radius 2 is 2.08 bits per heavy atom. The predicted octanol–water partition coefficient (Wildman–Crippen LogP) is 2.41. The first kappa shape index (κ1) is 12.8. The topological polar surface area (TPSA) is 35.8 Å². The lowest BCUT2D eigenvalue weighted by Gasteiger charge is -2.21. The highest BCUT2D eigenvalue weighted by atomic mass is 32.2. The second-order valence-electron chi connectivity index (χ2n) is 3.34. The summed E-state index contributed by atoms with van der Waals surface area (Å²) in [5, 5.41) is 12.2. The zero-order chi connectivity index (χ0) is 10.2. The number of rotatable bonds is 7. The van der Waals surface area contributed by atoms with Gasteiger partial charge in [-0.05, 0) is 37.8 Å². The van der Waals surface area contributed by atoms with Gasteiger partial charge in [0.2, 0.25) is 0 Å². The van der Waals surface area contributed by atoms with E-state index < -0.39 is 0 Å². The lowest BCUT2D eigenvalue weighted by Crippen LogP contribution is -2.41. The van der Waals surface area contributed by atoms with E-state index >= 15 is 0 Å². The molecular formula is C10H20N2S. The molecule has 0 saturated heterocycles. The SMILES string of the molecule is CCCSCCC(C)(C#N)NCC. The van der Waals surface area contributed by atoms with Gasteiger partial charge in [-0.1, -0.05) is 13.8 Å². The normalized spacial score (nSPS) is 14.9. The first-order valence-electron chi connectivity index (χ1n) is 4.92. The van der Waals surface area contributed by atoms with Crippen LogP contribution < -0.4 is 5.32 Å². The highest BCUT2D eigenvalue weighted by Crippen LogP contribution is 2.13. The Kier molecular flexibility index (Phi) is 7.12. The van der Waals surface area contributed by atoms with Crippen LogP contribution in [0, 0.1) is 11.3 Å². The van der Waals surface area contributed by atoms with Crippen molar-refractivity contribution >= 4 is 11.8 Å². The molecule has 76 valence electrons. The summed E-state index contributed by atoms with van der Waals surface area (Å²) in [6.45, 7) is 7.06. The summed E-state index contributed by atoms with van der Waals surface area (Å²) in [7, 11) is 0. The Morgan fingerprint density at radius 1 is 1.38 bits per heavy atom. The van der Waals surface area contributed by atoms with Crippen LogP contribution in [0.3, 0.4) is 0 Å². The van der Waals surface area contributed by atoms with Crippen LogP contribution in [0.4, 0.5) is 0 Å². The van der Waals surface area contributed by atoms with Crippen LogP contribution in [0.2, 0.25) is 0 Å². The number of hydrogen-bond donors (Lipinski definition) is 1. The summed E-state index contributed by atoms with van der Waals surface area (Å²) in [5.41, 5.74) is -0.324. The third kappa shape index (κ3) is 5.95. The van der Waals surface area contributed by atoms with Crippen molar-refractivity contribution in [2.45, 2.75) is 39.2 Å². The molecule has 0 saturated carbocycles. The van der Waals surface area contributed by atoms with Gasteiger partial charge >= 0.3 is 0 Å². The van der Waals surface area contributed by atoms with Crippen LogP contribution in [0.1, 0.15) is 33.6 Å². The molecule has 0 aromatic heterocycles. The van der Waals surface area contributed by atoms with E-state index in [1.165, 1.54) is 12.2 Å². The monoisotopic (exact) mass is 200 g/mol. The molecule has 0 heterocycles. The van der Waals surface area contributed by atoms with Crippen LogP contribution in [0.5, 0.6) is 0 Å². The average Bonchev–Trinajstić information content (AvgIpc) is 2.13. The quantitative estimate of drug-likeness (QED) is 0.641. The summed E-state index contributed by atoms with van der Waals surface area (Å²) in [6, 6.07) is 2.33. The van der Waals surface area contributed by atoms with Gasteiger partial charge in [-0.3, -0.25) is 5.32 Å². The number of thioether (sulfide) groups is 1. The van der Waals surface area contributed by atoms with E-state index in [9.17, 15) is 0 Å². The first-order chi connectivity index (χ1) is 6.18. The van der Waals surface area contributed by atoms with Crippen molar-refractivity contribution in [3.05, 3.63) is 0 Å². The summed E-state index contributed by atoms with van der Waals surface area (Å²) >= 11 is 1.93. The molecule has 0 fully saturated rings. The zero-order valence-corrected chi connectivity index (χ0v) is 9.71. The lowest BCUT2D eigenvalue weighted by molar-refractivity contribution is 0.450. The third-order valence-electron chi connectivity index (χ3n) is 1.91. The van der Waals surface area contributed by atoms with Crippen LogP contribution >= 0.6 is 11.8 Å². The summed E-state index contributed by atoms with van der Waals surface area (Å²) in [6.07, 6.45) is 2.15. The van der Waals surface area contributed by atoms with E-state index in [1.807, 2.05) is 25.6 Å². The van der Waals surface area contributed by atoms with Crippen molar-refractivity contribution in [2.75, 3.05) is 18.1 Å². The van der Waals surface area contributed by atoms with Crippen LogP contribution in [0.25, 0.3) is 0 Å². The van der Waals surface area contributed by atoms with E-state index in [2.05, 4.69) is 18.3 Å². The van der Waals surface area contributed by atoms with E-state index in [-0.39, 0.29) is 5.54 Å². The second kappa shape index (κ2) is 7.23. The molecule has 0 bridgehead atoms. The predicted molar refractivity (Wildman–Crippen MR) is 59.9 cm³/mol. The summed E-state index contributed by atoms with van der Waals surface area (Å²) in [5.74, 6) is 2.28. The molecule has 1 N–H and O–H groups in total. The Hall–Kier alpha value is -0.200. The van der Waals surface area contributed by atoms with Crippen LogP contribution in [-0.2, 0) is 0 Å². The van der Waals surface area contributed by atoms with Gasteiger partial charge < -0.3 is 0 Å². The minimum absolute atomic E-state index is 0.324. The highest BCUT2D eigenvalue weighted by molar-refractivity contribution is 7.99. The lowest BCUT2D eigenvalue weighted by atomic mass is 10.0. The molecule has 13 heavy (non-hydrogen) atoms. The minimum atomic E-state index is -0.324. The van der Waals surface area contributed by atoms with Gasteiger partial charge in [0.05, 0.1) is 6.07 Å². The molecule has 0 aliphatic carbocycles. The van der Waals surface area contributed by atoms with E-state index in [0.717, 1.165) is 18.7 Å². The molecule has 0 spiro atoms. The molecule has 0 aliphatic heterocycles. The fraction of sp³-hybridized carbons (Fsp3) is 0.900. The summed E-state index contributed by atoms with van der Waals surface area (Å²) < 4.78 is 0. The van der Waals surface area contributed by atoms with Crippen molar-refractivity contribution in [1.29, 1.82) is 5.26 Å². The maximum absolute atomic E-state index is 8.95. The highest BCUT2D eigenvalue weighted by Gasteiger charge is 2.21. The maximum atomic E-state index is 8.95. The first-order valence-corrected chi connectivity index (χ1v) is 6.08. The van der Waals surface area contributed by atoms with Gasteiger partial charge in [0.15, 0.2) is 0 Å². The van der Waals surface area contributed by atoms with Crippen LogP contribution in [0.15, 0.2) is 0 Å². The van der Waals surface area contributed by atoms with E-state index in [0.29, 0.717) is 0 Å². The van der Waals surface area contributed by atoms with Crippen molar-refractivity contribution in [1.82, 2.24) is 5.32 Å². The molecule has 1 unspecified atom stereocenters. The van der Waals surface area contributed by atoms with E-state index in [4.69, 9.17) is 5.26 Å². The number of nitrogens with zero attached hydrogens (tertiary/aromatic N) is 1. The van der Waals surface area contributed by atoms with E-state index in [1.54, 1.807) is 0 Å². The Balaban J connectivity index is 3.65. The van der Waals surface area contributed by atoms with Gasteiger partial charge in [0.1, 0.15) is 5.54 Å². The van der Waals surface area contributed by atoms with Crippen molar-refractivity contribution in [3.8, 4) is 6.07 Å². The van der Waals surface area contributed by atoms with Gasteiger partial charge in [0, 0.05) is 0 Å². The largest absolute Gasteiger partial charge is 0.300 e. The molecule has 0 aliphatic rings. The molecule has 0 radical (unpaired) electrons. The fourth-order valence-electron chi connectivity index (χ4n) is 1.10. The average molecular weight is 200 g/mol. The number of nitriles is 1. The number of nitrogens with one attached hydrogen (secondary N) is 1. The molecule has 3 heteroatoms. The Bertz CT molecular complexity index is 165. The van der Waals surface area contributed by atoms with Gasteiger partial charge in [-0.25, -0.2) is 0 Å². The second-order valence-corrected chi connectivity index (χ2v) is 4.56. The Morgan fingerprint density at radius 3 is 2.54 bits per heavy atom. The number of hydrogen-bond acceptors (Lipinski definition) is 3. The zero-order valence-electron chi connectivity index (χ0n) is 8.89. The molecular weight excluding hydrogens is 180 g/mol.